The lowest BCUT2D eigenvalue weighted by Gasteiger charge is -2.35. The smallest absolute Gasteiger partial charge is 0.317 e. The number of allylic oxidation sites excluding steroid dienone is 3. The number of benzene rings is 1. The predicted octanol–water partition coefficient (Wildman–Crippen LogP) is 3.99. The van der Waals surface area contributed by atoms with E-state index < -0.39 is 0 Å². The van der Waals surface area contributed by atoms with Crippen LogP contribution < -0.4 is 11.1 Å². The normalized spacial score (nSPS) is 21.2. The van der Waals surface area contributed by atoms with Gasteiger partial charge < -0.3 is 16.0 Å². The van der Waals surface area contributed by atoms with E-state index in [1.54, 1.807) is 15.6 Å². The summed E-state index contributed by atoms with van der Waals surface area (Å²) in [4.78, 5) is 21.1. The molecule has 4 heterocycles. The molecule has 2 fully saturated rings. The molecule has 8 nitrogen and oxygen atoms in total. The number of nitrogen functional groups attached to an aromatic ring is 1. The first-order chi connectivity index (χ1) is 16.9. The maximum absolute atomic E-state index is 12.1. The van der Waals surface area contributed by atoms with E-state index in [0.717, 1.165) is 36.2 Å². The zero-order valence-electron chi connectivity index (χ0n) is 20.2. The van der Waals surface area contributed by atoms with Crippen LogP contribution in [0.2, 0.25) is 5.02 Å². The number of nitrogens with two attached hydrogens (primary N) is 1. The van der Waals surface area contributed by atoms with Crippen molar-refractivity contribution in [2.45, 2.75) is 38.9 Å². The summed E-state index contributed by atoms with van der Waals surface area (Å²) < 4.78 is 1.61. The zero-order valence-corrected chi connectivity index (χ0v) is 21.0. The number of aryl methyl sites for hydroxylation is 1. The number of fused-ring (bicyclic) bond motifs is 2. The molecule has 2 saturated heterocycles. The number of carbonyl (C=O) groups is 1. The Labute approximate surface area is 210 Å². The molecule has 0 spiro atoms. The second kappa shape index (κ2) is 9.36. The Bertz CT molecular complexity index is 1340. The third-order valence-corrected chi connectivity index (χ3v) is 7.42. The molecule has 2 unspecified atom stereocenters. The summed E-state index contributed by atoms with van der Waals surface area (Å²) in [6, 6.07) is 8.57. The maximum Gasteiger partial charge on any atom is 0.317 e. The Morgan fingerprint density at radius 3 is 2.91 bits per heavy atom. The summed E-state index contributed by atoms with van der Waals surface area (Å²) in [7, 11) is 1.86. The quantitative estimate of drug-likeness (QED) is 0.526. The van der Waals surface area contributed by atoms with Gasteiger partial charge in [0.05, 0.1) is 24.0 Å². The van der Waals surface area contributed by atoms with Crippen molar-refractivity contribution in [3.8, 4) is 0 Å². The second-order valence-electron chi connectivity index (χ2n) is 9.27. The number of hydrogen-bond donors (Lipinski definition) is 2. The van der Waals surface area contributed by atoms with E-state index in [4.69, 9.17) is 22.3 Å². The monoisotopic (exact) mass is 491 g/mol. The largest absolute Gasteiger partial charge is 0.382 e. The average molecular weight is 492 g/mol. The van der Waals surface area contributed by atoms with Gasteiger partial charge >= 0.3 is 6.03 Å². The summed E-state index contributed by atoms with van der Waals surface area (Å²) in [5.74, 6) is 0.373. The van der Waals surface area contributed by atoms with Crippen molar-refractivity contribution in [3.63, 3.8) is 0 Å². The summed E-state index contributed by atoms with van der Waals surface area (Å²) >= 11 is 6.67. The topological polar surface area (TPSA) is 91.8 Å². The third kappa shape index (κ3) is 4.28. The molecule has 2 aliphatic rings. The number of anilines is 1. The lowest BCUT2D eigenvalue weighted by atomic mass is 10.00. The van der Waals surface area contributed by atoms with Gasteiger partial charge in [-0.3, -0.25) is 4.90 Å². The van der Waals surface area contributed by atoms with Crippen LogP contribution in [-0.2, 0) is 6.54 Å². The van der Waals surface area contributed by atoms with Crippen molar-refractivity contribution in [2.75, 3.05) is 25.9 Å². The van der Waals surface area contributed by atoms with Crippen molar-refractivity contribution in [1.29, 1.82) is 0 Å². The summed E-state index contributed by atoms with van der Waals surface area (Å²) in [6.07, 6.45) is 8.89. The summed E-state index contributed by atoms with van der Waals surface area (Å²) in [6.45, 7) is 6.23. The number of aromatic nitrogens is 3. The fourth-order valence-electron chi connectivity index (χ4n) is 5.04. The number of likely N-dealkylation sites (N-methyl/N-ethyl adjacent to an activating group) is 1. The fraction of sp³-hybridized carbons (Fsp3) is 0.346. The maximum atomic E-state index is 12.1. The van der Waals surface area contributed by atoms with Gasteiger partial charge in [-0.25, -0.2) is 9.78 Å². The first kappa shape index (κ1) is 23.4. The molecule has 0 aliphatic carbocycles. The average Bonchev–Trinajstić information content (AvgIpc) is 3.38. The van der Waals surface area contributed by atoms with Crippen LogP contribution in [0.25, 0.3) is 17.3 Å². The standard InChI is InChI=1S/C26H30ClN7O/c1-4-7-18(12-17-9-6-5-8-16(17)2)19-13-29-34-24(28)23(27)21(30-25(19)34)15-33-11-10-22-20(14-33)31-26(35)32(22)3/h4-9,12-13,20,22H,10-11,14-15,28H2,1-3H3,(H,31,35). The number of urea groups is 1. The molecule has 0 bridgehead atoms. The second-order valence-corrected chi connectivity index (χ2v) is 9.64. The number of nitrogens with one attached hydrogen (secondary N) is 1. The Hall–Kier alpha value is -3.36. The number of carbonyl (C=O) groups excluding carboxylic acids is 1. The molecule has 2 aliphatic heterocycles. The van der Waals surface area contributed by atoms with Gasteiger partial charge in [-0.2, -0.15) is 9.61 Å². The molecular weight excluding hydrogens is 462 g/mol. The van der Waals surface area contributed by atoms with Crippen molar-refractivity contribution < 1.29 is 4.79 Å². The molecule has 2 atom stereocenters. The van der Waals surface area contributed by atoms with E-state index in [9.17, 15) is 4.79 Å². The molecule has 2 amide bonds. The Morgan fingerprint density at radius 2 is 2.14 bits per heavy atom. The van der Waals surface area contributed by atoms with Crippen LogP contribution in [0.4, 0.5) is 10.6 Å². The van der Waals surface area contributed by atoms with E-state index in [1.165, 1.54) is 5.56 Å². The molecule has 1 aromatic carbocycles. The third-order valence-electron chi connectivity index (χ3n) is 7.01. The van der Waals surface area contributed by atoms with E-state index >= 15 is 0 Å². The molecule has 35 heavy (non-hydrogen) atoms. The number of piperidine rings is 1. The number of rotatable bonds is 5. The first-order valence-electron chi connectivity index (χ1n) is 11.8. The highest BCUT2D eigenvalue weighted by atomic mass is 35.5. The lowest BCUT2D eigenvalue weighted by Crippen LogP contribution is -2.50. The number of likely N-dealkylation sites (tertiary alicyclic amines) is 1. The van der Waals surface area contributed by atoms with E-state index in [1.807, 2.05) is 32.2 Å². The fourth-order valence-corrected chi connectivity index (χ4v) is 5.22. The first-order valence-corrected chi connectivity index (χ1v) is 12.2. The van der Waals surface area contributed by atoms with Gasteiger partial charge in [0.25, 0.3) is 0 Å². The molecule has 9 heteroatoms. The number of halogens is 1. The van der Waals surface area contributed by atoms with Crippen LogP contribution in [-0.4, -0.2) is 62.6 Å². The Kier molecular flexibility index (Phi) is 6.25. The van der Waals surface area contributed by atoms with Crippen LogP contribution in [0.1, 0.15) is 35.7 Å². The number of nitrogens with zero attached hydrogens (tertiary/aromatic N) is 5. The van der Waals surface area contributed by atoms with Crippen LogP contribution in [0.3, 0.4) is 0 Å². The lowest BCUT2D eigenvalue weighted by molar-refractivity contribution is 0.146. The molecule has 5 rings (SSSR count). The number of amides is 2. The van der Waals surface area contributed by atoms with Gasteiger partial charge in [-0.15, -0.1) is 0 Å². The van der Waals surface area contributed by atoms with Crippen molar-refractivity contribution >= 4 is 40.7 Å². The van der Waals surface area contributed by atoms with Crippen LogP contribution in [0, 0.1) is 6.92 Å². The van der Waals surface area contributed by atoms with E-state index in [0.29, 0.717) is 28.7 Å². The minimum Gasteiger partial charge on any atom is -0.382 e. The number of hydrogen-bond acceptors (Lipinski definition) is 5. The van der Waals surface area contributed by atoms with Crippen molar-refractivity contribution in [3.05, 3.63) is 70.0 Å². The zero-order chi connectivity index (χ0) is 24.7. The van der Waals surface area contributed by atoms with Gasteiger partial charge in [0.2, 0.25) is 0 Å². The minimum atomic E-state index is -0.00970. The molecule has 182 valence electrons. The highest BCUT2D eigenvalue weighted by molar-refractivity contribution is 6.33. The Balaban J connectivity index is 1.50. The van der Waals surface area contributed by atoms with E-state index in [-0.39, 0.29) is 18.1 Å². The van der Waals surface area contributed by atoms with Gasteiger partial charge in [0.15, 0.2) is 5.65 Å². The van der Waals surface area contributed by atoms with Gasteiger partial charge in [0, 0.05) is 32.2 Å². The molecule has 3 N–H and O–H groups in total. The van der Waals surface area contributed by atoms with Crippen LogP contribution in [0.5, 0.6) is 0 Å². The van der Waals surface area contributed by atoms with Crippen molar-refractivity contribution in [2.24, 2.45) is 0 Å². The van der Waals surface area contributed by atoms with Crippen LogP contribution >= 0.6 is 11.6 Å². The SMILES string of the molecule is CC=CC(=Cc1ccccc1C)c1cnn2c(N)c(Cl)c(CN3CCC4C(C3)NC(=O)N4C)nc12. The molecule has 2 aromatic heterocycles. The molecule has 3 aromatic rings. The predicted molar refractivity (Wildman–Crippen MR) is 140 cm³/mol. The van der Waals surface area contributed by atoms with Crippen molar-refractivity contribution in [1.82, 2.24) is 29.7 Å². The molecule has 0 saturated carbocycles. The molecule has 0 radical (unpaired) electrons. The Morgan fingerprint density at radius 1 is 1.34 bits per heavy atom. The van der Waals surface area contributed by atoms with Gasteiger partial charge in [-0.1, -0.05) is 48.0 Å². The van der Waals surface area contributed by atoms with E-state index in [2.05, 4.69) is 46.5 Å². The van der Waals surface area contributed by atoms with Gasteiger partial charge in [-0.05, 0) is 43.0 Å². The highest BCUT2D eigenvalue weighted by Gasteiger charge is 2.40. The molecular formula is C26H30ClN7O. The summed E-state index contributed by atoms with van der Waals surface area (Å²) in [5.41, 5.74) is 12.0. The highest BCUT2D eigenvalue weighted by Crippen LogP contribution is 2.31. The minimum absolute atomic E-state index is 0.00970. The summed E-state index contributed by atoms with van der Waals surface area (Å²) in [5, 5.41) is 7.99. The van der Waals surface area contributed by atoms with Crippen LogP contribution in [0.15, 0.2) is 42.6 Å². The van der Waals surface area contributed by atoms with Gasteiger partial charge in [0.1, 0.15) is 10.8 Å².